The molecule has 1 heterocycles. The van der Waals surface area contributed by atoms with E-state index in [4.69, 9.17) is 0 Å². The van der Waals surface area contributed by atoms with Crippen LogP contribution in [0.2, 0.25) is 0 Å². The van der Waals surface area contributed by atoms with Gasteiger partial charge in [-0.3, -0.25) is 4.79 Å². The van der Waals surface area contributed by atoms with E-state index in [-0.39, 0.29) is 17.8 Å². The molecule has 0 aliphatic carbocycles. The number of nitrogens with zero attached hydrogens (tertiary/aromatic N) is 1. The van der Waals surface area contributed by atoms with E-state index < -0.39 is 0 Å². The Morgan fingerprint density at radius 3 is 2.89 bits per heavy atom. The first-order valence-corrected chi connectivity index (χ1v) is 6.79. The van der Waals surface area contributed by atoms with Crippen LogP contribution >= 0.6 is 0 Å². The maximum absolute atomic E-state index is 13.6. The number of likely N-dealkylation sites (tertiary alicyclic amines) is 1. The van der Waals surface area contributed by atoms with Crippen molar-refractivity contribution in [1.29, 1.82) is 0 Å². The molecule has 1 fully saturated rings. The molecule has 0 radical (unpaired) electrons. The fourth-order valence-electron chi connectivity index (χ4n) is 2.60. The lowest BCUT2D eigenvalue weighted by molar-refractivity contribution is -0.132. The molecule has 2 atom stereocenters. The van der Waals surface area contributed by atoms with E-state index in [0.29, 0.717) is 18.9 Å². The van der Waals surface area contributed by atoms with Crippen LogP contribution in [0.1, 0.15) is 25.3 Å². The van der Waals surface area contributed by atoms with Gasteiger partial charge in [-0.2, -0.15) is 0 Å². The summed E-state index contributed by atoms with van der Waals surface area (Å²) in [6.07, 6.45) is 2.13. The molecule has 3 nitrogen and oxygen atoms in total. The van der Waals surface area contributed by atoms with Crippen LogP contribution < -0.4 is 5.32 Å². The molecule has 1 aliphatic rings. The van der Waals surface area contributed by atoms with Crippen LogP contribution in [0.25, 0.3) is 0 Å². The van der Waals surface area contributed by atoms with Crippen molar-refractivity contribution >= 4 is 5.91 Å². The predicted octanol–water partition coefficient (Wildman–Crippen LogP) is 1.97. The molecule has 1 amide bonds. The van der Waals surface area contributed by atoms with E-state index in [1.54, 1.807) is 11.0 Å². The molecular weight excluding hydrogens is 243 g/mol. The molecule has 0 bridgehead atoms. The third kappa shape index (κ3) is 3.77. The van der Waals surface area contributed by atoms with Gasteiger partial charge in [-0.05, 0) is 31.4 Å². The minimum atomic E-state index is -0.146. The van der Waals surface area contributed by atoms with Crippen molar-refractivity contribution in [2.45, 2.75) is 38.3 Å². The van der Waals surface area contributed by atoms with E-state index in [9.17, 15) is 9.18 Å². The fourth-order valence-corrected chi connectivity index (χ4v) is 2.60. The number of hydrogen-bond acceptors (Lipinski definition) is 2. The molecule has 0 spiro atoms. The Labute approximate surface area is 113 Å². The average Bonchev–Trinajstić information content (AvgIpc) is 2.37. The summed E-state index contributed by atoms with van der Waals surface area (Å²) in [6, 6.07) is 7.39. The largest absolute Gasteiger partial charge is 0.344 e. The first-order valence-electron chi connectivity index (χ1n) is 6.79. The summed E-state index contributed by atoms with van der Waals surface area (Å²) in [5, 5.41) is 3.48. The topological polar surface area (TPSA) is 32.3 Å². The number of carbonyl (C=O) groups is 1. The minimum absolute atomic E-state index is 0.146. The average molecular weight is 264 g/mol. The Balaban J connectivity index is 1.86. The Morgan fingerprint density at radius 1 is 1.47 bits per heavy atom. The maximum atomic E-state index is 13.6. The zero-order valence-electron chi connectivity index (χ0n) is 11.5. The molecule has 0 saturated carbocycles. The molecular formula is C15H21FN2O. The number of carbonyl (C=O) groups excluding carboxylic acids is 1. The molecule has 1 aromatic rings. The Kier molecular flexibility index (Phi) is 4.53. The summed E-state index contributed by atoms with van der Waals surface area (Å²) in [5.41, 5.74) is 0.739. The number of hydrogen-bond donors (Lipinski definition) is 1. The van der Waals surface area contributed by atoms with Crippen molar-refractivity contribution in [3.8, 4) is 0 Å². The highest BCUT2D eigenvalue weighted by molar-refractivity contribution is 5.76. The van der Waals surface area contributed by atoms with Crippen molar-refractivity contribution in [1.82, 2.24) is 10.2 Å². The second kappa shape index (κ2) is 6.15. The Morgan fingerprint density at radius 2 is 2.21 bits per heavy atom. The minimum Gasteiger partial charge on any atom is -0.344 e. The van der Waals surface area contributed by atoms with Crippen molar-refractivity contribution in [2.75, 3.05) is 13.6 Å². The summed E-state index contributed by atoms with van der Waals surface area (Å²) >= 11 is 0. The van der Waals surface area contributed by atoms with E-state index in [0.717, 1.165) is 18.5 Å². The van der Waals surface area contributed by atoms with Crippen LogP contribution in [0.5, 0.6) is 0 Å². The van der Waals surface area contributed by atoms with Gasteiger partial charge in [0.25, 0.3) is 0 Å². The highest BCUT2D eigenvalue weighted by Crippen LogP contribution is 2.13. The molecule has 0 aromatic heterocycles. The molecule has 19 heavy (non-hydrogen) atoms. The number of benzene rings is 1. The monoisotopic (exact) mass is 264 g/mol. The van der Waals surface area contributed by atoms with E-state index in [1.165, 1.54) is 6.07 Å². The number of amides is 1. The van der Waals surface area contributed by atoms with Gasteiger partial charge in [0.15, 0.2) is 0 Å². The zero-order chi connectivity index (χ0) is 13.8. The lowest BCUT2D eigenvalue weighted by Crippen LogP contribution is -2.49. The van der Waals surface area contributed by atoms with Gasteiger partial charge in [-0.1, -0.05) is 18.2 Å². The molecule has 1 N–H and O–H groups in total. The molecule has 1 saturated heterocycles. The number of likely N-dealkylation sites (N-methyl/N-ethyl adjacent to an activating group) is 1. The second-order valence-electron chi connectivity index (χ2n) is 5.37. The van der Waals surface area contributed by atoms with Gasteiger partial charge in [-0.15, -0.1) is 0 Å². The van der Waals surface area contributed by atoms with Gasteiger partial charge in [0.2, 0.25) is 5.91 Å². The number of halogens is 1. The first-order chi connectivity index (χ1) is 9.06. The van der Waals surface area contributed by atoms with Gasteiger partial charge in [0, 0.05) is 32.1 Å². The van der Waals surface area contributed by atoms with Gasteiger partial charge >= 0.3 is 0 Å². The molecule has 2 rings (SSSR count). The fraction of sp³-hybridized carbons (Fsp3) is 0.533. The molecule has 1 aromatic carbocycles. The highest BCUT2D eigenvalue weighted by atomic mass is 19.1. The quantitative estimate of drug-likeness (QED) is 0.901. The third-order valence-corrected chi connectivity index (χ3v) is 3.63. The van der Waals surface area contributed by atoms with Crippen LogP contribution in [0.4, 0.5) is 4.39 Å². The lowest BCUT2D eigenvalue weighted by atomic mass is 10.0. The number of nitrogens with one attached hydrogen (secondary N) is 1. The molecule has 2 unspecified atom stereocenters. The highest BCUT2D eigenvalue weighted by Gasteiger charge is 2.23. The van der Waals surface area contributed by atoms with Crippen LogP contribution in [0, 0.1) is 5.82 Å². The van der Waals surface area contributed by atoms with Crippen molar-refractivity contribution in [3.05, 3.63) is 35.6 Å². The summed E-state index contributed by atoms with van der Waals surface area (Å²) in [5.74, 6) is 0.0619. The summed E-state index contributed by atoms with van der Waals surface area (Å²) in [4.78, 5) is 13.2. The van der Waals surface area contributed by atoms with Crippen LogP contribution in [0.3, 0.4) is 0 Å². The van der Waals surface area contributed by atoms with Crippen LogP contribution in [0.15, 0.2) is 24.3 Å². The van der Waals surface area contributed by atoms with Gasteiger partial charge in [0.1, 0.15) is 5.82 Å². The second-order valence-corrected chi connectivity index (χ2v) is 5.37. The van der Waals surface area contributed by atoms with Crippen LogP contribution in [-0.4, -0.2) is 36.5 Å². The van der Waals surface area contributed by atoms with Crippen molar-refractivity contribution in [2.24, 2.45) is 0 Å². The normalized spacial score (nSPS) is 21.5. The Bertz CT molecular complexity index is 450. The predicted molar refractivity (Wildman–Crippen MR) is 73.4 cm³/mol. The van der Waals surface area contributed by atoms with E-state index >= 15 is 0 Å². The van der Waals surface area contributed by atoms with Gasteiger partial charge in [-0.25, -0.2) is 4.39 Å². The maximum Gasteiger partial charge on any atom is 0.222 e. The van der Waals surface area contributed by atoms with Crippen molar-refractivity contribution < 1.29 is 9.18 Å². The number of rotatable bonds is 4. The van der Waals surface area contributed by atoms with E-state index in [1.807, 2.05) is 19.2 Å². The Hall–Kier alpha value is -1.42. The van der Waals surface area contributed by atoms with Crippen molar-refractivity contribution in [3.63, 3.8) is 0 Å². The third-order valence-electron chi connectivity index (χ3n) is 3.63. The van der Waals surface area contributed by atoms with Gasteiger partial charge < -0.3 is 10.2 Å². The molecule has 4 heteroatoms. The smallest absolute Gasteiger partial charge is 0.222 e. The van der Waals surface area contributed by atoms with Gasteiger partial charge in [0.05, 0.1) is 0 Å². The molecule has 1 aliphatic heterocycles. The number of piperidine rings is 1. The summed E-state index contributed by atoms with van der Waals surface area (Å²) < 4.78 is 13.6. The standard InChI is InChI=1S/C15H21FN2O/c1-11(9-12-5-3-4-6-14(12)16)17-13-7-8-15(19)18(2)10-13/h3-6,11,13,17H,7-10H2,1-2H3. The lowest BCUT2D eigenvalue weighted by Gasteiger charge is -2.32. The zero-order valence-corrected chi connectivity index (χ0v) is 11.5. The van der Waals surface area contributed by atoms with E-state index in [2.05, 4.69) is 12.2 Å². The van der Waals surface area contributed by atoms with Crippen LogP contribution in [-0.2, 0) is 11.2 Å². The SMILES string of the molecule is CC(Cc1ccccc1F)NC1CCC(=O)N(C)C1. The molecule has 104 valence electrons. The summed E-state index contributed by atoms with van der Waals surface area (Å²) in [7, 11) is 1.83. The summed E-state index contributed by atoms with van der Waals surface area (Å²) in [6.45, 7) is 2.79. The first kappa shape index (κ1) is 14.0.